The van der Waals surface area contributed by atoms with Crippen LogP contribution in [0.5, 0.6) is 0 Å². The van der Waals surface area contributed by atoms with E-state index in [1.165, 1.54) is 12.8 Å². The van der Waals surface area contributed by atoms with Crippen molar-refractivity contribution in [3.63, 3.8) is 0 Å². The Morgan fingerprint density at radius 3 is 3.00 bits per heavy atom. The lowest BCUT2D eigenvalue weighted by Gasteiger charge is -2.23. The van der Waals surface area contributed by atoms with Crippen LogP contribution >= 0.6 is 0 Å². The molecule has 1 aliphatic rings. The van der Waals surface area contributed by atoms with Crippen LogP contribution in [0.1, 0.15) is 26.2 Å². The minimum Gasteiger partial charge on any atom is -0.385 e. The third-order valence-electron chi connectivity index (χ3n) is 3.30. The van der Waals surface area contributed by atoms with Crippen molar-refractivity contribution in [2.45, 2.75) is 32.2 Å². The fourth-order valence-electron chi connectivity index (χ4n) is 2.23. The molecule has 106 valence electrons. The monoisotopic (exact) mass is 257 g/mol. The van der Waals surface area contributed by atoms with Crippen molar-refractivity contribution in [3.05, 3.63) is 0 Å². The van der Waals surface area contributed by atoms with Gasteiger partial charge in [0.1, 0.15) is 0 Å². The molecule has 18 heavy (non-hydrogen) atoms. The summed E-state index contributed by atoms with van der Waals surface area (Å²) in [4.78, 5) is 13.9. The summed E-state index contributed by atoms with van der Waals surface area (Å²) < 4.78 is 4.94. The topological polar surface area (TPSA) is 53.6 Å². The van der Waals surface area contributed by atoms with Gasteiger partial charge in [-0.2, -0.15) is 0 Å². The normalized spacial score (nSPS) is 19.4. The van der Waals surface area contributed by atoms with Gasteiger partial charge in [0.15, 0.2) is 0 Å². The lowest BCUT2D eigenvalue weighted by molar-refractivity contribution is -0.122. The van der Waals surface area contributed by atoms with E-state index in [0.717, 1.165) is 26.1 Å². The first-order valence-electron chi connectivity index (χ1n) is 6.97. The Hall–Kier alpha value is -0.650. The highest BCUT2D eigenvalue weighted by molar-refractivity contribution is 5.77. The lowest BCUT2D eigenvalue weighted by atomic mass is 10.2. The fourth-order valence-corrected chi connectivity index (χ4v) is 2.23. The zero-order valence-corrected chi connectivity index (χ0v) is 11.7. The molecule has 5 nitrogen and oxygen atoms in total. The second kappa shape index (κ2) is 9.30. The molecule has 0 saturated carbocycles. The molecule has 0 aromatic rings. The summed E-state index contributed by atoms with van der Waals surface area (Å²) in [5.74, 6) is 0.117. The minimum absolute atomic E-state index is 0.117. The van der Waals surface area contributed by atoms with Gasteiger partial charge in [-0.15, -0.1) is 0 Å². The van der Waals surface area contributed by atoms with Crippen LogP contribution in [-0.2, 0) is 9.53 Å². The molecule has 1 heterocycles. The SMILES string of the molecule is CCN(CC(=O)NCCCOC)CC1CCCN1. The van der Waals surface area contributed by atoms with Crippen molar-refractivity contribution in [3.8, 4) is 0 Å². The first kappa shape index (κ1) is 15.4. The summed E-state index contributed by atoms with van der Waals surface area (Å²) in [7, 11) is 1.68. The second-order valence-corrected chi connectivity index (χ2v) is 4.82. The second-order valence-electron chi connectivity index (χ2n) is 4.82. The van der Waals surface area contributed by atoms with Gasteiger partial charge in [-0.25, -0.2) is 0 Å². The van der Waals surface area contributed by atoms with Crippen LogP contribution < -0.4 is 10.6 Å². The standard InChI is InChI=1S/C13H27N3O2/c1-3-16(10-12-6-4-7-14-12)11-13(17)15-8-5-9-18-2/h12,14H,3-11H2,1-2H3,(H,15,17). The number of likely N-dealkylation sites (N-methyl/N-ethyl adjacent to an activating group) is 1. The molecular weight excluding hydrogens is 230 g/mol. The van der Waals surface area contributed by atoms with Crippen LogP contribution in [0.2, 0.25) is 0 Å². The van der Waals surface area contributed by atoms with E-state index in [1.54, 1.807) is 7.11 Å². The highest BCUT2D eigenvalue weighted by Crippen LogP contribution is 2.06. The van der Waals surface area contributed by atoms with E-state index in [1.807, 2.05) is 0 Å². The predicted octanol–water partition coefficient (Wildman–Crippen LogP) is 0.213. The van der Waals surface area contributed by atoms with Crippen molar-refractivity contribution < 1.29 is 9.53 Å². The van der Waals surface area contributed by atoms with E-state index in [4.69, 9.17) is 4.74 Å². The van der Waals surface area contributed by atoms with Gasteiger partial charge in [0.25, 0.3) is 0 Å². The van der Waals surface area contributed by atoms with Crippen molar-refractivity contribution in [1.82, 2.24) is 15.5 Å². The van der Waals surface area contributed by atoms with E-state index >= 15 is 0 Å². The molecule has 1 atom stereocenters. The van der Waals surface area contributed by atoms with E-state index < -0.39 is 0 Å². The maximum absolute atomic E-state index is 11.7. The smallest absolute Gasteiger partial charge is 0.234 e. The maximum atomic E-state index is 11.7. The Morgan fingerprint density at radius 2 is 2.39 bits per heavy atom. The van der Waals surface area contributed by atoms with Gasteiger partial charge in [-0.3, -0.25) is 9.69 Å². The first-order chi connectivity index (χ1) is 8.76. The van der Waals surface area contributed by atoms with Crippen LogP contribution in [0.25, 0.3) is 0 Å². The largest absolute Gasteiger partial charge is 0.385 e. The van der Waals surface area contributed by atoms with Gasteiger partial charge in [-0.1, -0.05) is 6.92 Å². The average Bonchev–Trinajstić information content (AvgIpc) is 2.86. The molecule has 0 bridgehead atoms. The summed E-state index contributed by atoms with van der Waals surface area (Å²) in [6.45, 7) is 7.02. The molecule has 5 heteroatoms. The van der Waals surface area contributed by atoms with Crippen LogP contribution in [-0.4, -0.2) is 63.3 Å². The van der Waals surface area contributed by atoms with Gasteiger partial charge in [-0.05, 0) is 32.4 Å². The molecule has 1 unspecified atom stereocenters. The van der Waals surface area contributed by atoms with Crippen molar-refractivity contribution in [2.75, 3.05) is 46.4 Å². The molecule has 1 rings (SSSR count). The quantitative estimate of drug-likeness (QED) is 0.580. The fraction of sp³-hybridized carbons (Fsp3) is 0.923. The van der Waals surface area contributed by atoms with Crippen molar-refractivity contribution >= 4 is 5.91 Å². The summed E-state index contributed by atoms with van der Waals surface area (Å²) in [5, 5.41) is 6.39. The average molecular weight is 257 g/mol. The Labute approximate surface area is 110 Å². The summed E-state index contributed by atoms with van der Waals surface area (Å²) in [6.07, 6.45) is 3.36. The van der Waals surface area contributed by atoms with Crippen LogP contribution in [0.15, 0.2) is 0 Å². The minimum atomic E-state index is 0.117. The third-order valence-corrected chi connectivity index (χ3v) is 3.30. The molecule has 0 radical (unpaired) electrons. The van der Waals surface area contributed by atoms with Gasteiger partial charge >= 0.3 is 0 Å². The molecule has 0 aromatic carbocycles. The number of ether oxygens (including phenoxy) is 1. The van der Waals surface area contributed by atoms with Gasteiger partial charge in [0.05, 0.1) is 6.54 Å². The number of hydrogen-bond donors (Lipinski definition) is 2. The molecule has 0 aromatic heterocycles. The molecule has 1 saturated heterocycles. The Kier molecular flexibility index (Phi) is 7.96. The summed E-state index contributed by atoms with van der Waals surface area (Å²) >= 11 is 0. The van der Waals surface area contributed by atoms with E-state index in [0.29, 0.717) is 25.7 Å². The lowest BCUT2D eigenvalue weighted by Crippen LogP contribution is -2.43. The molecule has 1 fully saturated rings. The highest BCUT2D eigenvalue weighted by atomic mass is 16.5. The van der Waals surface area contributed by atoms with Crippen molar-refractivity contribution in [1.29, 1.82) is 0 Å². The summed E-state index contributed by atoms with van der Waals surface area (Å²) in [5.41, 5.74) is 0. The van der Waals surface area contributed by atoms with Gasteiger partial charge in [0, 0.05) is 32.8 Å². The zero-order valence-electron chi connectivity index (χ0n) is 11.7. The van der Waals surface area contributed by atoms with Crippen LogP contribution in [0.3, 0.4) is 0 Å². The molecule has 0 aliphatic carbocycles. The number of methoxy groups -OCH3 is 1. The Balaban J connectivity index is 2.14. The zero-order chi connectivity index (χ0) is 13.2. The third kappa shape index (κ3) is 6.33. The number of hydrogen-bond acceptors (Lipinski definition) is 4. The Bertz CT molecular complexity index is 230. The van der Waals surface area contributed by atoms with Crippen molar-refractivity contribution in [2.24, 2.45) is 0 Å². The molecule has 2 N–H and O–H groups in total. The van der Waals surface area contributed by atoms with E-state index in [-0.39, 0.29) is 5.91 Å². The van der Waals surface area contributed by atoms with Gasteiger partial charge in [0.2, 0.25) is 5.91 Å². The first-order valence-corrected chi connectivity index (χ1v) is 6.97. The number of nitrogens with one attached hydrogen (secondary N) is 2. The number of amides is 1. The number of rotatable bonds is 9. The Morgan fingerprint density at radius 1 is 1.56 bits per heavy atom. The molecular formula is C13H27N3O2. The van der Waals surface area contributed by atoms with Crippen LogP contribution in [0.4, 0.5) is 0 Å². The van der Waals surface area contributed by atoms with E-state index in [9.17, 15) is 4.79 Å². The molecule has 0 spiro atoms. The van der Waals surface area contributed by atoms with Crippen LogP contribution in [0, 0.1) is 0 Å². The molecule has 1 aliphatic heterocycles. The predicted molar refractivity (Wildman–Crippen MR) is 72.6 cm³/mol. The number of carbonyl (C=O) groups excluding carboxylic acids is 1. The highest BCUT2D eigenvalue weighted by Gasteiger charge is 2.18. The molecule has 1 amide bonds. The van der Waals surface area contributed by atoms with Gasteiger partial charge < -0.3 is 15.4 Å². The maximum Gasteiger partial charge on any atom is 0.234 e. The number of carbonyl (C=O) groups is 1. The summed E-state index contributed by atoms with van der Waals surface area (Å²) in [6, 6.07) is 0.561. The van der Waals surface area contributed by atoms with E-state index in [2.05, 4.69) is 22.5 Å². The number of nitrogens with zero attached hydrogens (tertiary/aromatic N) is 1.